The summed E-state index contributed by atoms with van der Waals surface area (Å²) in [5.74, 6) is 10.5. The Labute approximate surface area is 410 Å². The monoisotopic (exact) mass is 1180 g/mol. The van der Waals surface area contributed by atoms with Crippen LogP contribution < -0.4 is 0 Å². The van der Waals surface area contributed by atoms with E-state index in [1.54, 1.807) is 52.2 Å². The van der Waals surface area contributed by atoms with Gasteiger partial charge >= 0.3 is 69.9 Å². The summed E-state index contributed by atoms with van der Waals surface area (Å²) in [5.41, 5.74) is 7.61. The summed E-state index contributed by atoms with van der Waals surface area (Å²) < 4.78 is 1.40. The van der Waals surface area contributed by atoms with Crippen molar-refractivity contribution < 1.29 is 44.4 Å². The molecule has 1 aromatic rings. The minimum Gasteiger partial charge on any atom is 4.00 e. The Morgan fingerprint density at radius 1 is 0.625 bits per heavy atom. The van der Waals surface area contributed by atoms with Gasteiger partial charge in [-0.1, -0.05) is 105 Å². The number of allylic oxidation sites excluding steroid dienone is 1. The van der Waals surface area contributed by atoms with Crippen molar-refractivity contribution in [1.82, 2.24) is 0 Å². The van der Waals surface area contributed by atoms with E-state index in [0.717, 1.165) is 75.3 Å². The third kappa shape index (κ3) is 16.2. The smallest absolute Gasteiger partial charge is 4.00 e. The third-order valence-corrected chi connectivity index (χ3v) is 17.3. The molecule has 0 aromatic heterocycles. The molecule has 0 radical (unpaired) electrons. The van der Waals surface area contributed by atoms with E-state index in [-0.39, 0.29) is 48.5 Å². The van der Waals surface area contributed by atoms with Gasteiger partial charge in [-0.25, -0.2) is 0 Å². The summed E-state index contributed by atoms with van der Waals surface area (Å²) in [6.07, 6.45) is 25.6. The Bertz CT molecular complexity index is 1240. The van der Waals surface area contributed by atoms with Gasteiger partial charge in [0.1, 0.15) is 0 Å². The second-order valence-corrected chi connectivity index (χ2v) is 31.7. The fourth-order valence-electron chi connectivity index (χ4n) is 11.8. The number of aryl methyl sites for hydroxylation is 1. The molecule has 321 valence electrons. The maximum atomic E-state index is 5.00. The van der Waals surface area contributed by atoms with Crippen LogP contribution >= 0.6 is 73.3 Å². The van der Waals surface area contributed by atoms with Crippen LogP contribution in [-0.4, -0.2) is 37.8 Å². The SMILES string of the molecule is CC1=Cc2cc3c(c(Br)c2C1)CCC3.CC1CC2CC3CCCC3C(Br)C2C1.CC1CC2CC3CCCC3C(Br)C2C1.C[N-]C.C[N-]C.[CH3-].[CH3-].[CH3-].[Cl][Zr]([Cl])[Cl].[Zr+4]. The van der Waals surface area contributed by atoms with Crippen molar-refractivity contribution in [2.24, 2.45) is 59.2 Å². The van der Waals surface area contributed by atoms with Crippen LogP contribution in [0.25, 0.3) is 16.7 Å². The van der Waals surface area contributed by atoms with Gasteiger partial charge in [0.15, 0.2) is 0 Å². The Kier molecular flexibility index (Phi) is 31.0. The van der Waals surface area contributed by atoms with Crippen LogP contribution in [0.15, 0.2) is 16.1 Å². The molecular formula is C46H76Br3Cl3N2Zr2-. The molecule has 0 bridgehead atoms. The van der Waals surface area contributed by atoms with Crippen LogP contribution in [0, 0.1) is 81.5 Å². The molecule has 1 aromatic carbocycles. The van der Waals surface area contributed by atoms with Crippen LogP contribution in [0.2, 0.25) is 0 Å². The van der Waals surface area contributed by atoms with Crippen molar-refractivity contribution in [1.29, 1.82) is 0 Å². The standard InChI is InChI=1S/2C13H21Br.C13H13Br.2C2H6N.3CH3.3ClH.2Zr/c3*1-8-5-10-7-9-3-2-4-11(9)13(14)12(10)6-8;2*1-3-2;;;;;;;;/h2*8-13H,2-7H2,1H3;5,7H,2-4,6H2,1H3;2*1-2H3;3*1H3;3*1H;;/q;;;5*-1;;;;+3;+4/p-3. The van der Waals surface area contributed by atoms with Gasteiger partial charge in [-0.15, -0.1) is 0 Å². The molecule has 6 fully saturated rings. The van der Waals surface area contributed by atoms with Crippen LogP contribution in [0.1, 0.15) is 126 Å². The number of halogens is 6. The van der Waals surface area contributed by atoms with E-state index < -0.39 is 18.2 Å². The summed E-state index contributed by atoms with van der Waals surface area (Å²) in [7, 11) is 22.0. The van der Waals surface area contributed by atoms with E-state index in [1.807, 2.05) is 0 Å². The first-order valence-corrected chi connectivity index (χ1v) is 32.5. The molecule has 9 rings (SSSR count). The number of alkyl halides is 2. The van der Waals surface area contributed by atoms with Gasteiger partial charge < -0.3 is 32.9 Å². The molecule has 12 atom stereocenters. The average molecular weight is 1190 g/mol. The van der Waals surface area contributed by atoms with Gasteiger partial charge in [-0.2, -0.15) is 28.2 Å². The maximum Gasteiger partial charge on any atom is 4.00 e. The van der Waals surface area contributed by atoms with E-state index in [9.17, 15) is 0 Å². The van der Waals surface area contributed by atoms with E-state index >= 15 is 0 Å². The number of rotatable bonds is 0. The number of fused-ring (bicyclic) bond motifs is 6. The van der Waals surface area contributed by atoms with E-state index in [1.165, 1.54) is 105 Å². The summed E-state index contributed by atoms with van der Waals surface area (Å²) in [6, 6.07) is 2.40. The van der Waals surface area contributed by atoms with Crippen LogP contribution in [0.4, 0.5) is 0 Å². The van der Waals surface area contributed by atoms with Crippen molar-refractivity contribution in [2.45, 2.75) is 133 Å². The molecule has 2 nitrogen and oxygen atoms in total. The van der Waals surface area contributed by atoms with E-state index in [4.69, 9.17) is 25.5 Å². The number of nitrogens with zero attached hydrogens (tertiary/aromatic N) is 2. The van der Waals surface area contributed by atoms with Gasteiger partial charge in [0, 0.05) is 14.1 Å². The molecule has 0 amide bonds. The normalized spacial score (nSPS) is 34.1. The zero-order valence-electron chi connectivity index (χ0n) is 36.6. The summed E-state index contributed by atoms with van der Waals surface area (Å²) in [5, 5.41) is 7.00. The Morgan fingerprint density at radius 2 is 1.05 bits per heavy atom. The number of benzene rings is 1. The molecule has 12 unspecified atom stereocenters. The summed E-state index contributed by atoms with van der Waals surface area (Å²) >= 11 is 9.71. The van der Waals surface area contributed by atoms with Crippen molar-refractivity contribution in [3.05, 3.63) is 71.3 Å². The first-order valence-electron chi connectivity index (χ1n) is 20.4. The first kappa shape index (κ1) is 59.0. The predicted octanol–water partition coefficient (Wildman–Crippen LogP) is 17.0. The third-order valence-electron chi connectivity index (χ3n) is 13.6. The van der Waals surface area contributed by atoms with Crippen molar-refractivity contribution in [3.8, 4) is 0 Å². The van der Waals surface area contributed by atoms with E-state index in [0.29, 0.717) is 0 Å². The molecule has 8 aliphatic carbocycles. The zero-order valence-corrected chi connectivity index (χ0v) is 48.5. The molecule has 0 saturated heterocycles. The quantitative estimate of drug-likeness (QED) is 0.183. The fourth-order valence-corrected chi connectivity index (χ4v) is 15.4. The largest absolute Gasteiger partial charge is 4.00 e. The van der Waals surface area contributed by atoms with E-state index in [2.05, 4.69) is 91.3 Å². The molecule has 0 spiro atoms. The number of hydrogen-bond donors (Lipinski definition) is 0. The second-order valence-electron chi connectivity index (χ2n) is 17.6. The molecule has 0 aliphatic heterocycles. The molecule has 6 saturated carbocycles. The second kappa shape index (κ2) is 29.4. The number of hydrogen-bond acceptors (Lipinski definition) is 0. The fraction of sp³-hybridized carbons (Fsp3) is 0.761. The topological polar surface area (TPSA) is 28.2 Å². The van der Waals surface area contributed by atoms with Gasteiger partial charge in [-0.05, 0) is 165 Å². The average Bonchev–Trinajstić information content (AvgIpc) is 3.92. The first-order chi connectivity index (χ1) is 24.8. The molecule has 0 N–H and O–H groups in total. The van der Waals surface area contributed by atoms with Crippen LogP contribution in [0.3, 0.4) is 0 Å². The van der Waals surface area contributed by atoms with Crippen LogP contribution in [0.5, 0.6) is 0 Å². The molecule has 10 heteroatoms. The van der Waals surface area contributed by atoms with Crippen molar-refractivity contribution >= 4 is 79.4 Å². The van der Waals surface area contributed by atoms with Crippen molar-refractivity contribution in [2.75, 3.05) is 28.2 Å². The van der Waals surface area contributed by atoms with Crippen molar-refractivity contribution in [3.63, 3.8) is 0 Å². The van der Waals surface area contributed by atoms with Crippen LogP contribution in [-0.2, 0) is 63.6 Å². The van der Waals surface area contributed by atoms with Gasteiger partial charge in [0.2, 0.25) is 0 Å². The predicted molar refractivity (Wildman–Crippen MR) is 258 cm³/mol. The maximum absolute atomic E-state index is 5.00. The molecule has 56 heavy (non-hydrogen) atoms. The van der Waals surface area contributed by atoms with Gasteiger partial charge in [-0.3, -0.25) is 0 Å². The zero-order chi connectivity index (χ0) is 38.1. The molecular weight excluding hydrogens is 1110 g/mol. The minimum absolute atomic E-state index is 0. The summed E-state index contributed by atoms with van der Waals surface area (Å²) in [6.45, 7) is 7.12. The Hall–Kier alpha value is 2.96. The Morgan fingerprint density at radius 3 is 1.48 bits per heavy atom. The van der Waals surface area contributed by atoms with Gasteiger partial charge in [0.05, 0.1) is 0 Å². The molecule has 0 heterocycles. The summed E-state index contributed by atoms with van der Waals surface area (Å²) in [4.78, 5) is 1.75. The Balaban J connectivity index is 0.000000702. The molecule has 8 aliphatic rings. The van der Waals surface area contributed by atoms with Gasteiger partial charge in [0.25, 0.3) is 0 Å². The minimum atomic E-state index is -2.13.